The van der Waals surface area contributed by atoms with E-state index in [1.54, 1.807) is 0 Å². The van der Waals surface area contributed by atoms with E-state index in [1.807, 2.05) is 6.92 Å². The molecule has 0 aromatic heterocycles. The van der Waals surface area contributed by atoms with Crippen molar-refractivity contribution >= 4 is 0 Å². The first kappa shape index (κ1) is 10.0. The van der Waals surface area contributed by atoms with E-state index in [0.717, 1.165) is 12.3 Å². The smallest absolute Gasteiger partial charge is 0.105 e. The van der Waals surface area contributed by atoms with Crippen LogP contribution in [0.25, 0.3) is 0 Å². The molecule has 0 aliphatic heterocycles. The first-order valence-electron chi connectivity index (χ1n) is 5.14. The van der Waals surface area contributed by atoms with E-state index in [-0.39, 0.29) is 5.92 Å². The van der Waals surface area contributed by atoms with E-state index in [2.05, 4.69) is 0 Å². The Morgan fingerprint density at radius 1 is 1.33 bits per heavy atom. The Bertz CT molecular complexity index is 119. The van der Waals surface area contributed by atoms with Gasteiger partial charge in [-0.2, -0.15) is 0 Å². The van der Waals surface area contributed by atoms with Crippen molar-refractivity contribution in [1.82, 2.24) is 0 Å². The van der Waals surface area contributed by atoms with Crippen LogP contribution in [0.5, 0.6) is 0 Å². The molecule has 1 saturated carbocycles. The summed E-state index contributed by atoms with van der Waals surface area (Å²) < 4.78 is 0. The molecule has 0 saturated heterocycles. The van der Waals surface area contributed by atoms with Gasteiger partial charge in [0.25, 0.3) is 0 Å². The van der Waals surface area contributed by atoms with Crippen LogP contribution in [0.2, 0.25) is 0 Å². The van der Waals surface area contributed by atoms with Crippen LogP contribution in [-0.4, -0.2) is 11.3 Å². The van der Waals surface area contributed by atoms with E-state index >= 15 is 0 Å². The van der Waals surface area contributed by atoms with Crippen molar-refractivity contribution in [3.63, 3.8) is 0 Å². The van der Waals surface area contributed by atoms with Crippen LogP contribution in [0.1, 0.15) is 45.4 Å². The van der Waals surface area contributed by atoms with Crippen molar-refractivity contribution in [1.29, 1.82) is 0 Å². The molecular weight excluding hydrogens is 150 g/mol. The van der Waals surface area contributed by atoms with Crippen LogP contribution in [0.4, 0.5) is 0 Å². The van der Waals surface area contributed by atoms with E-state index in [0.29, 0.717) is 0 Å². The molecule has 2 heteroatoms. The second-order valence-corrected chi connectivity index (χ2v) is 4.21. The summed E-state index contributed by atoms with van der Waals surface area (Å²) in [4.78, 5) is 0. The molecule has 0 bridgehead atoms. The second kappa shape index (κ2) is 4.83. The summed E-state index contributed by atoms with van der Waals surface area (Å²) >= 11 is 0. The average Bonchev–Trinajstić information content (AvgIpc) is 2.06. The lowest BCUT2D eigenvalue weighted by atomic mass is 9.83. The molecule has 72 valence electrons. The minimum atomic E-state index is -0.619. The van der Waals surface area contributed by atoms with Crippen molar-refractivity contribution in [2.75, 3.05) is 0 Å². The summed E-state index contributed by atoms with van der Waals surface area (Å²) in [6, 6.07) is 0. The van der Waals surface area contributed by atoms with Gasteiger partial charge >= 0.3 is 0 Å². The zero-order valence-corrected chi connectivity index (χ0v) is 8.00. The Labute approximate surface area is 75.2 Å². The van der Waals surface area contributed by atoms with E-state index in [9.17, 15) is 0 Å². The van der Waals surface area contributed by atoms with E-state index in [4.69, 9.17) is 10.8 Å². The van der Waals surface area contributed by atoms with Gasteiger partial charge in [-0.15, -0.1) is 0 Å². The Balaban J connectivity index is 2.20. The quantitative estimate of drug-likeness (QED) is 0.637. The van der Waals surface area contributed by atoms with E-state index in [1.165, 1.54) is 32.1 Å². The Morgan fingerprint density at radius 2 is 1.92 bits per heavy atom. The topological polar surface area (TPSA) is 46.2 Å². The van der Waals surface area contributed by atoms with Crippen LogP contribution in [0.3, 0.4) is 0 Å². The normalized spacial score (nSPS) is 25.2. The highest BCUT2D eigenvalue weighted by Crippen LogP contribution is 2.29. The summed E-state index contributed by atoms with van der Waals surface area (Å²) in [5.74, 6) is 1.10. The molecule has 12 heavy (non-hydrogen) atoms. The lowest BCUT2D eigenvalue weighted by molar-refractivity contribution is 0.102. The number of aliphatic hydroxyl groups excluding tert-OH is 1. The number of nitrogens with two attached hydrogens (primary N) is 1. The van der Waals surface area contributed by atoms with Gasteiger partial charge in [0.15, 0.2) is 0 Å². The van der Waals surface area contributed by atoms with Crippen molar-refractivity contribution in [2.45, 2.75) is 51.7 Å². The molecule has 0 spiro atoms. The van der Waals surface area contributed by atoms with Crippen molar-refractivity contribution in [2.24, 2.45) is 17.6 Å². The fourth-order valence-corrected chi connectivity index (χ4v) is 2.09. The van der Waals surface area contributed by atoms with Gasteiger partial charge < -0.3 is 10.8 Å². The number of hydrogen-bond acceptors (Lipinski definition) is 2. The molecule has 1 aliphatic rings. The molecule has 0 radical (unpaired) electrons. The third-order valence-electron chi connectivity index (χ3n) is 3.01. The molecule has 0 aromatic carbocycles. The minimum absolute atomic E-state index is 0.271. The lowest BCUT2D eigenvalue weighted by Crippen LogP contribution is -2.29. The van der Waals surface area contributed by atoms with Crippen LogP contribution >= 0.6 is 0 Å². The molecule has 0 amide bonds. The zero-order chi connectivity index (χ0) is 8.97. The summed E-state index contributed by atoms with van der Waals surface area (Å²) in [6.07, 6.45) is 7.32. The summed E-state index contributed by atoms with van der Waals surface area (Å²) in [7, 11) is 0. The van der Waals surface area contributed by atoms with E-state index < -0.39 is 6.23 Å². The zero-order valence-electron chi connectivity index (χ0n) is 8.00. The highest BCUT2D eigenvalue weighted by atomic mass is 16.3. The molecule has 2 atom stereocenters. The largest absolute Gasteiger partial charge is 0.379 e. The predicted molar refractivity (Wildman–Crippen MR) is 50.6 cm³/mol. The highest BCUT2D eigenvalue weighted by Gasteiger charge is 2.18. The Morgan fingerprint density at radius 3 is 2.42 bits per heavy atom. The molecule has 0 heterocycles. The molecular formula is C10H21NO. The lowest BCUT2D eigenvalue weighted by Gasteiger charge is -2.25. The maximum absolute atomic E-state index is 9.13. The molecule has 1 aliphatic carbocycles. The maximum Gasteiger partial charge on any atom is 0.105 e. The minimum Gasteiger partial charge on any atom is -0.379 e. The Kier molecular flexibility index (Phi) is 4.02. The second-order valence-electron chi connectivity index (χ2n) is 4.21. The molecule has 2 unspecified atom stereocenters. The van der Waals surface area contributed by atoms with Crippen LogP contribution in [0, 0.1) is 11.8 Å². The van der Waals surface area contributed by atoms with Crippen LogP contribution < -0.4 is 5.73 Å². The standard InChI is InChI=1S/C10H21NO/c1-8(10(11)12)7-9-5-3-2-4-6-9/h8-10,12H,2-7,11H2,1H3. The highest BCUT2D eigenvalue weighted by molar-refractivity contribution is 4.70. The van der Waals surface area contributed by atoms with Crippen LogP contribution in [0.15, 0.2) is 0 Å². The number of rotatable bonds is 3. The Hall–Kier alpha value is -0.0800. The summed E-state index contributed by atoms with van der Waals surface area (Å²) in [5.41, 5.74) is 5.41. The third kappa shape index (κ3) is 3.11. The van der Waals surface area contributed by atoms with Gasteiger partial charge in [0, 0.05) is 0 Å². The monoisotopic (exact) mass is 171 g/mol. The SMILES string of the molecule is CC(CC1CCCCC1)C(N)O. The fraction of sp³-hybridized carbons (Fsp3) is 1.00. The third-order valence-corrected chi connectivity index (χ3v) is 3.01. The predicted octanol–water partition coefficient (Wildman–Crippen LogP) is 1.87. The number of hydrogen-bond donors (Lipinski definition) is 2. The van der Waals surface area contributed by atoms with Crippen molar-refractivity contribution in [3.05, 3.63) is 0 Å². The fourth-order valence-electron chi connectivity index (χ4n) is 2.09. The molecule has 1 fully saturated rings. The van der Waals surface area contributed by atoms with Crippen molar-refractivity contribution in [3.8, 4) is 0 Å². The number of aliphatic hydroxyl groups is 1. The van der Waals surface area contributed by atoms with Gasteiger partial charge in [-0.1, -0.05) is 39.0 Å². The van der Waals surface area contributed by atoms with Gasteiger partial charge in [-0.05, 0) is 18.3 Å². The van der Waals surface area contributed by atoms with Gasteiger partial charge in [-0.25, -0.2) is 0 Å². The van der Waals surface area contributed by atoms with Crippen molar-refractivity contribution < 1.29 is 5.11 Å². The molecule has 1 rings (SSSR count). The maximum atomic E-state index is 9.13. The first-order chi connectivity index (χ1) is 5.70. The van der Waals surface area contributed by atoms with Gasteiger partial charge in [0.2, 0.25) is 0 Å². The molecule has 2 nitrogen and oxygen atoms in total. The van der Waals surface area contributed by atoms with Gasteiger partial charge in [0.05, 0.1) is 0 Å². The van der Waals surface area contributed by atoms with Gasteiger partial charge in [-0.3, -0.25) is 0 Å². The molecule has 3 N–H and O–H groups in total. The first-order valence-corrected chi connectivity index (χ1v) is 5.14. The van der Waals surface area contributed by atoms with Gasteiger partial charge in [0.1, 0.15) is 6.23 Å². The molecule has 0 aromatic rings. The summed E-state index contributed by atoms with van der Waals surface area (Å²) in [5, 5.41) is 9.13. The summed E-state index contributed by atoms with van der Waals surface area (Å²) in [6.45, 7) is 2.04. The van der Waals surface area contributed by atoms with Crippen LogP contribution in [-0.2, 0) is 0 Å². The average molecular weight is 171 g/mol.